The summed E-state index contributed by atoms with van der Waals surface area (Å²) >= 11 is 0. The topological polar surface area (TPSA) is 63.1 Å². The summed E-state index contributed by atoms with van der Waals surface area (Å²) in [6, 6.07) is 7.81. The summed E-state index contributed by atoms with van der Waals surface area (Å²) < 4.78 is 16.7. The number of carbonyl (C=O) groups excluding carboxylic acids is 1. The van der Waals surface area contributed by atoms with Crippen LogP contribution in [-0.4, -0.2) is 50.9 Å². The van der Waals surface area contributed by atoms with Crippen LogP contribution in [0.1, 0.15) is 19.8 Å². The summed E-state index contributed by atoms with van der Waals surface area (Å²) in [6.45, 7) is 3.40. The summed E-state index contributed by atoms with van der Waals surface area (Å²) in [6.07, 6.45) is 7.84. The van der Waals surface area contributed by atoms with Gasteiger partial charge in [0.1, 0.15) is 5.82 Å². The molecule has 1 aliphatic carbocycles. The fourth-order valence-corrected chi connectivity index (χ4v) is 4.02. The van der Waals surface area contributed by atoms with Gasteiger partial charge in [0.05, 0.1) is 6.20 Å². The summed E-state index contributed by atoms with van der Waals surface area (Å²) in [5.41, 5.74) is 0.529. The summed E-state index contributed by atoms with van der Waals surface area (Å²) in [7, 11) is 1.88. The van der Waals surface area contributed by atoms with Crippen molar-refractivity contribution in [2.24, 2.45) is 12.5 Å². The number of anilines is 1. The van der Waals surface area contributed by atoms with Crippen LogP contribution in [0.2, 0.25) is 0 Å². The van der Waals surface area contributed by atoms with E-state index in [4.69, 9.17) is 0 Å². The van der Waals surface area contributed by atoms with Crippen molar-refractivity contribution < 1.29 is 9.18 Å². The van der Waals surface area contributed by atoms with Gasteiger partial charge in [-0.3, -0.25) is 14.4 Å². The first-order chi connectivity index (χ1) is 13.8. The maximum Gasteiger partial charge on any atom is 0.265 e. The van der Waals surface area contributed by atoms with Crippen LogP contribution in [0, 0.1) is 5.41 Å². The Kier molecular flexibility index (Phi) is 4.00. The first kappa shape index (κ1) is 18.2. The molecule has 1 aliphatic heterocycles. The zero-order valence-electron chi connectivity index (χ0n) is 16.7. The number of hydrogen-bond donors (Lipinski definition) is 1. The third-order valence-corrected chi connectivity index (χ3v) is 6.07. The highest BCUT2D eigenvalue weighted by Crippen LogP contribution is 2.47. The molecule has 150 valence electrons. The smallest absolute Gasteiger partial charge is 0.265 e. The Labute approximate surface area is 168 Å². The predicted molar refractivity (Wildman–Crippen MR) is 110 cm³/mol. The van der Waals surface area contributed by atoms with Crippen molar-refractivity contribution in [2.45, 2.75) is 25.4 Å². The average molecular weight is 393 g/mol. The van der Waals surface area contributed by atoms with E-state index in [0.717, 1.165) is 28.4 Å². The molecule has 29 heavy (non-hydrogen) atoms. The van der Waals surface area contributed by atoms with Gasteiger partial charge >= 0.3 is 0 Å². The normalized spacial score (nSPS) is 19.7. The van der Waals surface area contributed by atoms with Crippen molar-refractivity contribution >= 4 is 22.5 Å². The minimum Gasteiger partial charge on any atom is -0.308 e. The number of likely N-dealkylation sites (tertiary alicyclic amines) is 1. The number of halogens is 1. The van der Waals surface area contributed by atoms with E-state index in [0.29, 0.717) is 11.2 Å². The Morgan fingerprint density at radius 2 is 1.97 bits per heavy atom. The van der Waals surface area contributed by atoms with Gasteiger partial charge in [-0.25, -0.2) is 9.37 Å². The first-order valence-electron chi connectivity index (χ1n) is 9.94. The maximum atomic E-state index is 14.9. The predicted octanol–water partition coefficient (Wildman–Crippen LogP) is 3.40. The van der Waals surface area contributed by atoms with Crippen LogP contribution in [0.15, 0.2) is 42.9 Å². The lowest BCUT2D eigenvalue weighted by atomic mass is 9.93. The molecule has 0 atom stereocenters. The van der Waals surface area contributed by atoms with E-state index in [2.05, 4.69) is 22.3 Å². The number of carbonyl (C=O) groups is 1. The molecule has 0 spiro atoms. The van der Waals surface area contributed by atoms with Gasteiger partial charge in [0.25, 0.3) is 5.91 Å². The Bertz CT molecular complexity index is 1100. The molecule has 1 N–H and O–H groups in total. The Morgan fingerprint density at radius 1 is 1.17 bits per heavy atom. The molecular formula is C22H24FN5O. The van der Waals surface area contributed by atoms with Gasteiger partial charge in [-0.15, -0.1) is 0 Å². The molecule has 3 aromatic rings. The number of alkyl halides is 1. The number of aromatic nitrogens is 3. The number of benzene rings is 1. The summed E-state index contributed by atoms with van der Waals surface area (Å²) in [4.78, 5) is 18.8. The lowest BCUT2D eigenvalue weighted by Gasteiger charge is -2.44. The van der Waals surface area contributed by atoms with Crippen LogP contribution < -0.4 is 5.32 Å². The number of amides is 1. The molecule has 0 unspecified atom stereocenters. The number of rotatable bonds is 5. The minimum absolute atomic E-state index is 0.160. The second-order valence-corrected chi connectivity index (χ2v) is 8.91. The summed E-state index contributed by atoms with van der Waals surface area (Å²) in [5, 5.41) is 8.77. The number of nitrogens with zero attached hydrogens (tertiary/aromatic N) is 4. The lowest BCUT2D eigenvalue weighted by Crippen LogP contribution is -2.65. The molecule has 0 bridgehead atoms. The van der Waals surface area contributed by atoms with Crippen molar-refractivity contribution in [2.75, 3.05) is 25.0 Å². The summed E-state index contributed by atoms with van der Waals surface area (Å²) in [5.74, 6) is -0.236. The van der Waals surface area contributed by atoms with Gasteiger partial charge in [-0.2, -0.15) is 5.10 Å². The van der Waals surface area contributed by atoms with Crippen LogP contribution in [-0.2, 0) is 11.8 Å². The van der Waals surface area contributed by atoms with Gasteiger partial charge in [0.2, 0.25) is 5.67 Å². The third-order valence-electron chi connectivity index (χ3n) is 6.07. The van der Waals surface area contributed by atoms with Gasteiger partial charge in [0, 0.05) is 50.0 Å². The molecule has 1 amide bonds. The van der Waals surface area contributed by atoms with Crippen molar-refractivity contribution in [3.8, 4) is 11.1 Å². The Hall–Kier alpha value is -2.80. The van der Waals surface area contributed by atoms with E-state index in [1.165, 1.54) is 12.8 Å². The largest absolute Gasteiger partial charge is 0.308 e. The van der Waals surface area contributed by atoms with E-state index < -0.39 is 11.6 Å². The molecule has 1 saturated heterocycles. The molecule has 3 heterocycles. The van der Waals surface area contributed by atoms with E-state index in [-0.39, 0.29) is 13.1 Å². The average Bonchev–Trinajstić information content (AvgIpc) is 3.23. The lowest BCUT2D eigenvalue weighted by molar-refractivity contribution is -0.140. The van der Waals surface area contributed by atoms with Gasteiger partial charge in [-0.1, -0.05) is 19.1 Å². The highest BCUT2D eigenvalue weighted by molar-refractivity contribution is 5.99. The van der Waals surface area contributed by atoms with Crippen molar-refractivity contribution in [3.63, 3.8) is 0 Å². The first-order valence-corrected chi connectivity index (χ1v) is 9.94. The van der Waals surface area contributed by atoms with E-state index in [1.54, 1.807) is 16.9 Å². The SMILES string of the molecule is Cn1cc(-c2ccc3cnc(NC(=O)C4(F)CN(CC5(C)CC5)C4)cc3c2)cn1. The van der Waals surface area contributed by atoms with Crippen molar-refractivity contribution in [1.82, 2.24) is 19.7 Å². The standard InChI is InChI=1S/C22H24FN5O/c1-21(5-6-21)12-28-13-22(23,14-28)20(29)26-19-8-17-7-15(3-4-16(17)9-24-19)18-10-25-27(2)11-18/h3-4,7-11H,5-6,12-14H2,1-2H3,(H,24,26,29). The molecule has 2 aliphatic rings. The molecule has 5 rings (SSSR count). The maximum absolute atomic E-state index is 14.9. The second-order valence-electron chi connectivity index (χ2n) is 8.91. The van der Waals surface area contributed by atoms with E-state index in [1.807, 2.05) is 42.5 Å². The third kappa shape index (κ3) is 3.51. The Balaban J connectivity index is 1.30. The van der Waals surface area contributed by atoms with E-state index in [9.17, 15) is 9.18 Å². The van der Waals surface area contributed by atoms with Crippen molar-refractivity contribution in [1.29, 1.82) is 0 Å². The molecular weight excluding hydrogens is 369 g/mol. The molecule has 6 nitrogen and oxygen atoms in total. The highest BCUT2D eigenvalue weighted by Gasteiger charge is 2.52. The molecule has 7 heteroatoms. The van der Waals surface area contributed by atoms with Gasteiger partial charge < -0.3 is 5.32 Å². The fourth-order valence-electron chi connectivity index (χ4n) is 4.02. The Morgan fingerprint density at radius 3 is 2.66 bits per heavy atom. The van der Waals surface area contributed by atoms with Crippen LogP contribution >= 0.6 is 0 Å². The molecule has 2 aromatic heterocycles. The van der Waals surface area contributed by atoms with E-state index >= 15 is 0 Å². The zero-order chi connectivity index (χ0) is 20.2. The molecule has 0 radical (unpaired) electrons. The highest BCUT2D eigenvalue weighted by atomic mass is 19.1. The number of pyridine rings is 1. The van der Waals surface area contributed by atoms with Crippen LogP contribution in [0.3, 0.4) is 0 Å². The van der Waals surface area contributed by atoms with Gasteiger partial charge in [0.15, 0.2) is 0 Å². The van der Waals surface area contributed by atoms with Crippen molar-refractivity contribution in [3.05, 3.63) is 42.9 Å². The molecule has 1 aromatic carbocycles. The van der Waals surface area contributed by atoms with Crippen LogP contribution in [0.5, 0.6) is 0 Å². The number of aryl methyl sites for hydroxylation is 1. The van der Waals surface area contributed by atoms with Crippen LogP contribution in [0.25, 0.3) is 21.9 Å². The van der Waals surface area contributed by atoms with Gasteiger partial charge in [-0.05, 0) is 41.3 Å². The fraction of sp³-hybridized carbons (Fsp3) is 0.409. The number of fused-ring (bicyclic) bond motifs is 1. The quantitative estimate of drug-likeness (QED) is 0.722. The molecule has 1 saturated carbocycles. The number of nitrogens with one attached hydrogen (secondary N) is 1. The zero-order valence-corrected chi connectivity index (χ0v) is 16.7. The number of hydrogen-bond acceptors (Lipinski definition) is 4. The van der Waals surface area contributed by atoms with Crippen LogP contribution in [0.4, 0.5) is 10.2 Å². The molecule has 2 fully saturated rings. The monoisotopic (exact) mass is 393 g/mol. The minimum atomic E-state index is -1.83. The second kappa shape index (κ2) is 6.35.